The van der Waals surface area contributed by atoms with E-state index in [4.69, 9.17) is 4.74 Å². The van der Waals surface area contributed by atoms with Crippen LogP contribution in [0.4, 0.5) is 11.4 Å². The molecule has 0 saturated heterocycles. The summed E-state index contributed by atoms with van der Waals surface area (Å²) in [6, 6.07) is 17.5. The minimum Gasteiger partial charge on any atom is -0.489 e. The zero-order chi connectivity index (χ0) is 27.7. The van der Waals surface area contributed by atoms with Crippen LogP contribution in [0.25, 0.3) is 0 Å². The lowest BCUT2D eigenvalue weighted by Crippen LogP contribution is -2.31. The summed E-state index contributed by atoms with van der Waals surface area (Å²) >= 11 is 0. The van der Waals surface area contributed by atoms with E-state index in [1.165, 1.54) is 29.8 Å². The van der Waals surface area contributed by atoms with E-state index in [1.54, 1.807) is 62.4 Å². The molecule has 3 aromatic carbocycles. The number of hydrogen-bond donors (Lipinski definition) is 1. The molecular weight excluding hydrogens is 512 g/mol. The molecule has 0 spiro atoms. The summed E-state index contributed by atoms with van der Waals surface area (Å²) in [5.41, 5.74) is 4.53. The molecule has 0 aliphatic heterocycles. The molecule has 38 heavy (non-hydrogen) atoms. The van der Waals surface area contributed by atoms with Crippen molar-refractivity contribution in [2.24, 2.45) is 5.10 Å². The van der Waals surface area contributed by atoms with Crippen molar-refractivity contribution in [1.29, 1.82) is 0 Å². The predicted octanol–water partition coefficient (Wildman–Crippen LogP) is 4.44. The van der Waals surface area contributed by atoms with E-state index in [2.05, 4.69) is 15.3 Å². The molecular formula is C26H28N4O7S. The van der Waals surface area contributed by atoms with Crippen LogP contribution in [0.1, 0.15) is 35.3 Å². The topological polar surface area (TPSA) is 140 Å². The fraction of sp³-hybridized carbons (Fsp3) is 0.231. The largest absolute Gasteiger partial charge is 0.489 e. The number of sulfonamides is 1. The third-order valence-corrected chi connectivity index (χ3v) is 7.65. The number of non-ortho nitro benzene ring substituents is 1. The van der Waals surface area contributed by atoms with E-state index in [0.717, 1.165) is 11.6 Å². The van der Waals surface area contributed by atoms with Crippen molar-refractivity contribution in [3.05, 3.63) is 93.5 Å². The van der Waals surface area contributed by atoms with Gasteiger partial charge in [-0.3, -0.25) is 15.5 Å². The average Bonchev–Trinajstić information content (AvgIpc) is 2.93. The van der Waals surface area contributed by atoms with Crippen molar-refractivity contribution in [2.45, 2.75) is 25.3 Å². The van der Waals surface area contributed by atoms with E-state index < -0.39 is 20.9 Å². The van der Waals surface area contributed by atoms with Crippen molar-refractivity contribution < 1.29 is 27.6 Å². The number of nitro groups is 1. The number of nitrogens with one attached hydrogen (secondary N) is 1. The smallest absolute Gasteiger partial charge is 0.337 e. The van der Waals surface area contributed by atoms with Crippen molar-refractivity contribution >= 4 is 33.6 Å². The molecule has 11 nitrogen and oxygen atoms in total. The van der Waals surface area contributed by atoms with Crippen molar-refractivity contribution in [2.75, 3.05) is 25.6 Å². The summed E-state index contributed by atoms with van der Waals surface area (Å²) in [7, 11) is -2.64. The maximum absolute atomic E-state index is 13.1. The van der Waals surface area contributed by atoms with Crippen molar-refractivity contribution in [1.82, 2.24) is 4.31 Å². The van der Waals surface area contributed by atoms with Gasteiger partial charge in [0.15, 0.2) is 0 Å². The Labute approximate surface area is 220 Å². The van der Waals surface area contributed by atoms with Crippen LogP contribution in [-0.2, 0) is 21.4 Å². The molecule has 0 fully saturated rings. The van der Waals surface area contributed by atoms with E-state index in [0.29, 0.717) is 23.5 Å². The van der Waals surface area contributed by atoms with Crippen LogP contribution in [0.2, 0.25) is 0 Å². The number of anilines is 1. The fourth-order valence-corrected chi connectivity index (χ4v) is 5.10. The number of ether oxygens (including phenoxy) is 2. The standard InChI is InChI=1S/C26H28N4O7S/c1-4-29(5-2)38(34,35)25-16-22(30(32)33)12-15-24(25)28-27-17-19-8-13-23(14-9-19)37-18-20-6-10-21(11-7-20)26(31)36-3/h6-17,28H,4-5,18H2,1-3H3. The Balaban J connectivity index is 1.68. The van der Waals surface area contributed by atoms with Gasteiger partial charge in [0.1, 0.15) is 17.3 Å². The van der Waals surface area contributed by atoms with Gasteiger partial charge >= 0.3 is 5.97 Å². The monoisotopic (exact) mass is 540 g/mol. The Morgan fingerprint density at radius 2 is 1.71 bits per heavy atom. The van der Waals surface area contributed by atoms with Gasteiger partial charge in [-0.15, -0.1) is 0 Å². The molecule has 0 atom stereocenters. The van der Waals surface area contributed by atoms with Crippen LogP contribution in [-0.4, -0.2) is 50.0 Å². The third kappa shape index (κ3) is 6.93. The Morgan fingerprint density at radius 3 is 2.29 bits per heavy atom. The lowest BCUT2D eigenvalue weighted by Gasteiger charge is -2.20. The van der Waals surface area contributed by atoms with Gasteiger partial charge in [-0.05, 0) is 53.6 Å². The second-order valence-corrected chi connectivity index (χ2v) is 9.85. The Hall–Kier alpha value is -4.29. The van der Waals surface area contributed by atoms with Crippen LogP contribution < -0.4 is 10.2 Å². The molecule has 0 bridgehead atoms. The molecule has 3 rings (SSSR count). The average molecular weight is 541 g/mol. The van der Waals surface area contributed by atoms with Crippen LogP contribution in [0.5, 0.6) is 5.75 Å². The maximum atomic E-state index is 13.1. The first kappa shape index (κ1) is 28.3. The number of esters is 1. The summed E-state index contributed by atoms with van der Waals surface area (Å²) in [5, 5.41) is 15.3. The summed E-state index contributed by atoms with van der Waals surface area (Å²) in [6.07, 6.45) is 1.49. The van der Waals surface area contributed by atoms with Gasteiger partial charge in [0, 0.05) is 25.2 Å². The quantitative estimate of drug-likeness (QED) is 0.154. The van der Waals surface area contributed by atoms with Crippen LogP contribution in [0.3, 0.4) is 0 Å². The zero-order valence-electron chi connectivity index (χ0n) is 21.2. The van der Waals surface area contributed by atoms with E-state index in [-0.39, 0.29) is 29.4 Å². The first-order chi connectivity index (χ1) is 18.2. The van der Waals surface area contributed by atoms with Gasteiger partial charge in [0.25, 0.3) is 5.69 Å². The molecule has 0 saturated carbocycles. The minimum absolute atomic E-state index is 0.122. The number of carbonyl (C=O) groups is 1. The molecule has 200 valence electrons. The van der Waals surface area contributed by atoms with Crippen LogP contribution in [0.15, 0.2) is 76.7 Å². The normalized spacial score (nSPS) is 11.5. The number of rotatable bonds is 12. The number of methoxy groups -OCH3 is 1. The SMILES string of the molecule is CCN(CC)S(=O)(=O)c1cc([N+](=O)[O-])ccc1NN=Cc1ccc(OCc2ccc(C(=O)OC)cc2)cc1. The highest BCUT2D eigenvalue weighted by Gasteiger charge is 2.27. The molecule has 0 radical (unpaired) electrons. The van der Waals surface area contributed by atoms with E-state index in [9.17, 15) is 23.3 Å². The Kier molecular flexibility index (Phi) is 9.52. The maximum Gasteiger partial charge on any atom is 0.337 e. The molecule has 0 aliphatic rings. The van der Waals surface area contributed by atoms with E-state index >= 15 is 0 Å². The van der Waals surface area contributed by atoms with Crippen molar-refractivity contribution in [3.8, 4) is 5.75 Å². The number of hydrazone groups is 1. The van der Waals surface area contributed by atoms with E-state index in [1.807, 2.05) is 0 Å². The third-order valence-electron chi connectivity index (χ3n) is 5.56. The van der Waals surface area contributed by atoms with Gasteiger partial charge in [-0.2, -0.15) is 9.41 Å². The lowest BCUT2D eigenvalue weighted by atomic mass is 10.1. The van der Waals surface area contributed by atoms with Crippen LogP contribution in [0, 0.1) is 10.1 Å². The van der Waals surface area contributed by atoms with Gasteiger partial charge in [-0.1, -0.05) is 26.0 Å². The molecule has 0 heterocycles. The molecule has 0 unspecified atom stereocenters. The molecule has 12 heteroatoms. The first-order valence-corrected chi connectivity index (χ1v) is 13.1. The summed E-state index contributed by atoms with van der Waals surface area (Å²) in [6.45, 7) is 4.13. The number of benzene rings is 3. The predicted molar refractivity (Wildman–Crippen MR) is 143 cm³/mol. The number of hydrogen-bond acceptors (Lipinski definition) is 9. The Morgan fingerprint density at radius 1 is 1.05 bits per heavy atom. The number of carbonyl (C=O) groups excluding carboxylic acids is 1. The molecule has 3 aromatic rings. The van der Waals surface area contributed by atoms with Gasteiger partial charge in [0.2, 0.25) is 10.0 Å². The summed E-state index contributed by atoms with van der Waals surface area (Å²) < 4.78 is 37.8. The number of nitro benzene ring substituents is 1. The highest BCUT2D eigenvalue weighted by Crippen LogP contribution is 2.29. The molecule has 1 N–H and O–H groups in total. The first-order valence-electron chi connectivity index (χ1n) is 11.7. The second kappa shape index (κ2) is 12.8. The lowest BCUT2D eigenvalue weighted by molar-refractivity contribution is -0.385. The Bertz CT molecular complexity index is 1400. The molecule has 0 aliphatic carbocycles. The highest BCUT2D eigenvalue weighted by atomic mass is 32.2. The fourth-order valence-electron chi connectivity index (χ4n) is 3.48. The summed E-state index contributed by atoms with van der Waals surface area (Å²) in [5.74, 6) is 0.217. The highest BCUT2D eigenvalue weighted by molar-refractivity contribution is 7.89. The van der Waals surface area contributed by atoms with Gasteiger partial charge < -0.3 is 9.47 Å². The molecule has 0 aromatic heterocycles. The minimum atomic E-state index is -3.97. The molecule has 0 amide bonds. The van der Waals surface area contributed by atoms with Gasteiger partial charge in [-0.25, -0.2) is 13.2 Å². The van der Waals surface area contributed by atoms with Gasteiger partial charge in [0.05, 0.1) is 29.5 Å². The van der Waals surface area contributed by atoms with Crippen molar-refractivity contribution in [3.63, 3.8) is 0 Å². The zero-order valence-corrected chi connectivity index (χ0v) is 22.0. The summed E-state index contributed by atoms with van der Waals surface area (Å²) in [4.78, 5) is 21.9. The second-order valence-electron chi connectivity index (χ2n) is 7.94. The number of nitrogens with zero attached hydrogens (tertiary/aromatic N) is 3. The van der Waals surface area contributed by atoms with Crippen LogP contribution >= 0.6 is 0 Å².